The molecular weight excluding hydrogens is 488 g/mol. The number of carbonyl (C=O) groups excluding carboxylic acids is 2. The Balaban J connectivity index is 0. The molecule has 0 fully saturated rings. The Morgan fingerprint density at radius 3 is 1.35 bits per heavy atom. The molecule has 0 radical (unpaired) electrons. The SMILES string of the molecule is CCC(Br)(CC)C(=O)NC(N)=O.CCCCCCCCC(C)CCC(C)CCCCCCCC. The molecule has 0 aromatic heterocycles. The summed E-state index contributed by atoms with van der Waals surface area (Å²) in [5.74, 6) is 1.54. The molecule has 0 rings (SSSR count). The van der Waals surface area contributed by atoms with Crippen LogP contribution in [0, 0.1) is 11.8 Å². The number of nitrogens with one attached hydrogen (secondary N) is 1. The smallest absolute Gasteiger partial charge is 0.318 e. The first-order valence-corrected chi connectivity index (χ1v) is 15.3. The average Bonchev–Trinajstić information content (AvgIpc) is 2.81. The van der Waals surface area contributed by atoms with E-state index < -0.39 is 10.4 Å². The van der Waals surface area contributed by atoms with Gasteiger partial charge in [-0.25, -0.2) is 4.79 Å². The summed E-state index contributed by atoms with van der Waals surface area (Å²) < 4.78 is -0.665. The summed E-state index contributed by atoms with van der Waals surface area (Å²) in [4.78, 5) is 21.6. The maximum absolute atomic E-state index is 11.3. The molecule has 0 aliphatic carbocycles. The topological polar surface area (TPSA) is 72.2 Å². The maximum atomic E-state index is 11.3. The molecule has 2 unspecified atom stereocenters. The number of hydrogen-bond donors (Lipinski definition) is 2. The van der Waals surface area contributed by atoms with Gasteiger partial charge in [0, 0.05) is 0 Å². The highest BCUT2D eigenvalue weighted by Crippen LogP contribution is 2.26. The minimum absolute atomic E-state index is 0.375. The number of amides is 3. The predicted molar refractivity (Wildman–Crippen MR) is 154 cm³/mol. The molecule has 4 nitrogen and oxygen atoms in total. The molecule has 0 aliphatic heterocycles. The van der Waals surface area contributed by atoms with Crippen molar-refractivity contribution in [2.75, 3.05) is 0 Å². The number of halogens is 1. The Kier molecular flexibility index (Phi) is 25.3. The fourth-order valence-electron chi connectivity index (χ4n) is 4.20. The van der Waals surface area contributed by atoms with Crippen molar-refractivity contribution >= 4 is 27.9 Å². The van der Waals surface area contributed by atoms with E-state index in [0.717, 1.165) is 11.8 Å². The molecule has 5 heteroatoms. The Morgan fingerprint density at radius 2 is 1.03 bits per heavy atom. The van der Waals surface area contributed by atoms with Crippen LogP contribution in [0.2, 0.25) is 0 Å². The van der Waals surface area contributed by atoms with Gasteiger partial charge in [0.15, 0.2) is 0 Å². The van der Waals surface area contributed by atoms with Crippen LogP contribution < -0.4 is 11.1 Å². The Morgan fingerprint density at radius 1 is 0.676 bits per heavy atom. The summed E-state index contributed by atoms with van der Waals surface area (Å²) >= 11 is 3.26. The first-order chi connectivity index (χ1) is 16.2. The molecule has 3 N–H and O–H groups in total. The standard InChI is InChI=1S/C22H46.C7H13BrN2O2/c1-5-7-9-11-13-15-17-21(3)19-20-22(4)18-16-14-12-10-8-6-2;1-3-7(8,4-2)5(11)10-6(9)12/h21-22H,5-20H2,1-4H3;3-4H2,1-2H3,(H3,9,10,11,12). The van der Waals surface area contributed by atoms with Crippen LogP contribution in [0.1, 0.15) is 157 Å². The number of hydrogen-bond acceptors (Lipinski definition) is 2. The van der Waals surface area contributed by atoms with Crippen molar-refractivity contribution in [3.8, 4) is 0 Å². The van der Waals surface area contributed by atoms with Gasteiger partial charge in [0.1, 0.15) is 4.32 Å². The highest BCUT2D eigenvalue weighted by Gasteiger charge is 2.32. The van der Waals surface area contributed by atoms with Gasteiger partial charge in [0.25, 0.3) is 0 Å². The number of rotatable bonds is 20. The van der Waals surface area contributed by atoms with Crippen LogP contribution >= 0.6 is 15.9 Å². The van der Waals surface area contributed by atoms with Crippen LogP contribution in [0.25, 0.3) is 0 Å². The molecule has 0 aromatic rings. The summed E-state index contributed by atoms with van der Waals surface area (Å²) in [6.07, 6.45) is 24.4. The highest BCUT2D eigenvalue weighted by molar-refractivity contribution is 9.10. The minimum Gasteiger partial charge on any atom is -0.351 e. The number of carbonyl (C=O) groups is 2. The van der Waals surface area contributed by atoms with Gasteiger partial charge in [0.05, 0.1) is 0 Å². The summed E-state index contributed by atoms with van der Waals surface area (Å²) in [5.41, 5.74) is 4.81. The molecule has 0 aromatic carbocycles. The second kappa shape index (κ2) is 24.1. The largest absolute Gasteiger partial charge is 0.351 e. The maximum Gasteiger partial charge on any atom is 0.318 e. The van der Waals surface area contributed by atoms with Gasteiger partial charge in [-0.1, -0.05) is 160 Å². The molecule has 2 atom stereocenters. The van der Waals surface area contributed by atoms with Crippen molar-refractivity contribution in [1.82, 2.24) is 5.32 Å². The summed E-state index contributed by atoms with van der Waals surface area (Å²) in [7, 11) is 0. The van der Waals surface area contributed by atoms with Crippen LogP contribution in [-0.4, -0.2) is 16.3 Å². The van der Waals surface area contributed by atoms with Crippen LogP contribution in [0.4, 0.5) is 4.79 Å². The minimum atomic E-state index is -0.814. The number of unbranched alkanes of at least 4 members (excludes halogenated alkanes) is 10. The van der Waals surface area contributed by atoms with Gasteiger partial charge >= 0.3 is 6.03 Å². The van der Waals surface area contributed by atoms with Gasteiger partial charge in [-0.05, 0) is 24.7 Å². The molecule has 0 heterocycles. The molecule has 0 aliphatic rings. The van der Waals surface area contributed by atoms with Gasteiger partial charge < -0.3 is 5.73 Å². The molecule has 0 spiro atoms. The molecule has 0 bridgehead atoms. The lowest BCUT2D eigenvalue weighted by Crippen LogP contribution is -2.46. The van der Waals surface area contributed by atoms with E-state index in [9.17, 15) is 9.59 Å². The van der Waals surface area contributed by atoms with Gasteiger partial charge in [0.2, 0.25) is 5.91 Å². The fraction of sp³-hybridized carbons (Fsp3) is 0.931. The fourth-order valence-corrected chi connectivity index (χ4v) is 4.30. The third-order valence-corrected chi connectivity index (χ3v) is 8.50. The highest BCUT2D eigenvalue weighted by atomic mass is 79.9. The zero-order valence-corrected chi connectivity index (χ0v) is 25.2. The number of nitrogens with two attached hydrogens (primary N) is 1. The number of primary amides is 1. The first kappa shape index (κ1) is 35.6. The van der Waals surface area contributed by atoms with Gasteiger partial charge in [-0.15, -0.1) is 0 Å². The quantitative estimate of drug-likeness (QED) is 0.118. The first-order valence-electron chi connectivity index (χ1n) is 14.5. The second-order valence-electron chi connectivity index (χ2n) is 10.4. The molecule has 3 amide bonds. The van der Waals surface area contributed by atoms with E-state index in [4.69, 9.17) is 5.73 Å². The Labute approximate surface area is 221 Å². The molecular formula is C29H59BrN2O2. The molecule has 34 heavy (non-hydrogen) atoms. The third-order valence-electron chi connectivity index (χ3n) is 7.02. The van der Waals surface area contributed by atoms with Crippen LogP contribution in [0.15, 0.2) is 0 Å². The van der Waals surface area contributed by atoms with E-state index in [-0.39, 0.29) is 5.91 Å². The van der Waals surface area contributed by atoms with E-state index >= 15 is 0 Å². The predicted octanol–water partition coefficient (Wildman–Crippen LogP) is 9.67. The number of alkyl halides is 1. The monoisotopic (exact) mass is 546 g/mol. The van der Waals surface area contributed by atoms with E-state index in [1.165, 1.54) is 103 Å². The third kappa shape index (κ3) is 21.9. The lowest BCUT2D eigenvalue weighted by atomic mass is 9.91. The van der Waals surface area contributed by atoms with Gasteiger partial charge in [-0.2, -0.15) is 0 Å². The van der Waals surface area contributed by atoms with Crippen molar-refractivity contribution < 1.29 is 9.59 Å². The van der Waals surface area contributed by atoms with Crippen LogP contribution in [-0.2, 0) is 4.79 Å². The van der Waals surface area contributed by atoms with Crippen molar-refractivity contribution in [3.05, 3.63) is 0 Å². The average molecular weight is 548 g/mol. The zero-order chi connectivity index (χ0) is 26.2. The lowest BCUT2D eigenvalue weighted by molar-refractivity contribution is -0.122. The zero-order valence-electron chi connectivity index (χ0n) is 23.7. The van der Waals surface area contributed by atoms with Crippen molar-refractivity contribution in [2.24, 2.45) is 17.6 Å². The van der Waals surface area contributed by atoms with Crippen molar-refractivity contribution in [1.29, 1.82) is 0 Å². The van der Waals surface area contributed by atoms with E-state index in [1.54, 1.807) is 0 Å². The Bertz CT molecular complexity index is 459. The Hall–Kier alpha value is -0.580. The van der Waals surface area contributed by atoms with Gasteiger partial charge in [-0.3, -0.25) is 10.1 Å². The van der Waals surface area contributed by atoms with E-state index in [0.29, 0.717) is 12.8 Å². The van der Waals surface area contributed by atoms with Crippen LogP contribution in [0.3, 0.4) is 0 Å². The van der Waals surface area contributed by atoms with E-state index in [2.05, 4.69) is 43.6 Å². The normalized spacial score (nSPS) is 13.0. The number of urea groups is 1. The molecule has 0 saturated heterocycles. The van der Waals surface area contributed by atoms with E-state index in [1.807, 2.05) is 19.2 Å². The summed E-state index contributed by atoms with van der Waals surface area (Å²) in [5, 5.41) is 2.04. The molecule has 0 saturated carbocycles. The summed E-state index contributed by atoms with van der Waals surface area (Å²) in [6.45, 7) is 13.3. The summed E-state index contributed by atoms with van der Waals surface area (Å²) in [6, 6.07) is -0.814. The second-order valence-corrected chi connectivity index (χ2v) is 11.9. The van der Waals surface area contributed by atoms with Crippen LogP contribution in [0.5, 0.6) is 0 Å². The number of imide groups is 1. The van der Waals surface area contributed by atoms with Crippen molar-refractivity contribution in [2.45, 2.75) is 161 Å². The lowest BCUT2D eigenvalue weighted by Gasteiger charge is -2.21. The molecule has 204 valence electrons. The van der Waals surface area contributed by atoms with Crippen molar-refractivity contribution in [3.63, 3.8) is 0 Å².